The van der Waals surface area contributed by atoms with Crippen LogP contribution in [-0.2, 0) is 0 Å². The lowest BCUT2D eigenvalue weighted by Gasteiger charge is -2.10. The maximum Gasteiger partial charge on any atom is 0.258 e. The number of hydrogen-bond acceptors (Lipinski definition) is 5. The summed E-state index contributed by atoms with van der Waals surface area (Å²) in [6.45, 7) is 1.48. The van der Waals surface area contributed by atoms with Gasteiger partial charge in [0.25, 0.3) is 5.91 Å². The molecule has 122 valence electrons. The number of anilines is 2. The molecule has 0 fully saturated rings. The van der Waals surface area contributed by atoms with Crippen molar-refractivity contribution in [1.29, 1.82) is 0 Å². The molecule has 0 aliphatic carbocycles. The van der Waals surface area contributed by atoms with E-state index in [0.717, 1.165) is 18.7 Å². The molecule has 0 bridgehead atoms. The van der Waals surface area contributed by atoms with Crippen LogP contribution in [0.3, 0.4) is 0 Å². The van der Waals surface area contributed by atoms with E-state index in [2.05, 4.69) is 20.6 Å². The molecule has 0 spiro atoms. The van der Waals surface area contributed by atoms with Gasteiger partial charge < -0.3 is 15.5 Å². The molecule has 2 aromatic rings. The van der Waals surface area contributed by atoms with Crippen LogP contribution in [0.25, 0.3) is 0 Å². The van der Waals surface area contributed by atoms with Crippen LogP contribution in [0.2, 0.25) is 0 Å². The maximum absolute atomic E-state index is 13.5. The van der Waals surface area contributed by atoms with E-state index in [9.17, 15) is 13.6 Å². The lowest BCUT2D eigenvalue weighted by molar-refractivity contribution is 0.102. The molecule has 1 aromatic carbocycles. The predicted molar refractivity (Wildman–Crippen MR) is 83.4 cm³/mol. The fraction of sp³-hybridized carbons (Fsp3) is 0.267. The van der Waals surface area contributed by atoms with Crippen molar-refractivity contribution in [3.05, 3.63) is 47.8 Å². The minimum Gasteiger partial charge on any atom is -0.353 e. The first-order chi connectivity index (χ1) is 11.0. The van der Waals surface area contributed by atoms with Crippen LogP contribution in [0.15, 0.2) is 30.6 Å². The lowest BCUT2D eigenvalue weighted by Crippen LogP contribution is -2.21. The molecule has 2 N–H and O–H groups in total. The summed E-state index contributed by atoms with van der Waals surface area (Å²) in [5.74, 6) is -1.73. The van der Waals surface area contributed by atoms with Crippen LogP contribution in [0.1, 0.15) is 10.4 Å². The van der Waals surface area contributed by atoms with Gasteiger partial charge in [0.15, 0.2) is 0 Å². The van der Waals surface area contributed by atoms with Crippen molar-refractivity contribution in [1.82, 2.24) is 14.9 Å². The third-order valence-electron chi connectivity index (χ3n) is 2.94. The zero-order valence-electron chi connectivity index (χ0n) is 12.8. The van der Waals surface area contributed by atoms with Crippen molar-refractivity contribution in [2.45, 2.75) is 0 Å². The number of aromatic nitrogens is 2. The van der Waals surface area contributed by atoms with E-state index >= 15 is 0 Å². The van der Waals surface area contributed by atoms with Crippen molar-refractivity contribution in [2.75, 3.05) is 37.8 Å². The molecule has 1 heterocycles. The number of hydrogen-bond donors (Lipinski definition) is 2. The Morgan fingerprint density at radius 2 is 1.91 bits per heavy atom. The van der Waals surface area contributed by atoms with Crippen molar-refractivity contribution in [3.8, 4) is 0 Å². The van der Waals surface area contributed by atoms with Gasteiger partial charge in [0.05, 0.1) is 11.3 Å². The molecule has 0 aliphatic rings. The number of amides is 1. The van der Waals surface area contributed by atoms with Gasteiger partial charge in [-0.15, -0.1) is 0 Å². The molecule has 1 aromatic heterocycles. The summed E-state index contributed by atoms with van der Waals surface area (Å²) in [5, 5.41) is 5.35. The van der Waals surface area contributed by atoms with E-state index in [1.54, 1.807) is 0 Å². The van der Waals surface area contributed by atoms with Crippen molar-refractivity contribution < 1.29 is 13.6 Å². The summed E-state index contributed by atoms with van der Waals surface area (Å²) in [7, 11) is 3.90. The van der Waals surface area contributed by atoms with E-state index in [4.69, 9.17) is 0 Å². The van der Waals surface area contributed by atoms with E-state index in [0.29, 0.717) is 18.6 Å². The quantitative estimate of drug-likeness (QED) is 0.851. The van der Waals surface area contributed by atoms with E-state index < -0.39 is 17.5 Å². The number of nitrogens with one attached hydrogen (secondary N) is 2. The van der Waals surface area contributed by atoms with E-state index in [1.165, 1.54) is 12.4 Å². The standard InChI is InChI=1S/C15H17F2N5O/c1-22(2)6-5-18-15-19-8-10(9-20-15)14(23)21-13-4-3-11(16)7-12(13)17/h3-4,7-9H,5-6H2,1-2H3,(H,21,23)(H,18,19,20). The fourth-order valence-corrected chi connectivity index (χ4v) is 1.71. The average molecular weight is 321 g/mol. The second-order valence-electron chi connectivity index (χ2n) is 5.10. The van der Waals surface area contributed by atoms with Crippen LogP contribution < -0.4 is 10.6 Å². The highest BCUT2D eigenvalue weighted by atomic mass is 19.1. The zero-order valence-corrected chi connectivity index (χ0v) is 12.8. The van der Waals surface area contributed by atoms with Gasteiger partial charge >= 0.3 is 0 Å². The summed E-state index contributed by atoms with van der Waals surface area (Å²) in [6.07, 6.45) is 2.67. The normalized spacial score (nSPS) is 10.7. The van der Waals surface area contributed by atoms with Crippen molar-refractivity contribution >= 4 is 17.5 Å². The summed E-state index contributed by atoms with van der Waals surface area (Å²) in [6, 6.07) is 2.91. The highest BCUT2D eigenvalue weighted by Gasteiger charge is 2.11. The Kier molecular flexibility index (Phi) is 5.53. The Hall–Kier alpha value is -2.61. The Bertz CT molecular complexity index is 676. The Morgan fingerprint density at radius 3 is 2.52 bits per heavy atom. The van der Waals surface area contributed by atoms with Gasteiger partial charge in [-0.3, -0.25) is 4.79 Å². The molecule has 2 rings (SSSR count). The minimum absolute atomic E-state index is 0.107. The third-order valence-corrected chi connectivity index (χ3v) is 2.94. The molecule has 0 saturated heterocycles. The van der Waals surface area contributed by atoms with Gasteiger partial charge in [0.1, 0.15) is 11.6 Å². The number of rotatable bonds is 6. The molecule has 0 aliphatic heterocycles. The van der Waals surface area contributed by atoms with Crippen LogP contribution in [-0.4, -0.2) is 48.0 Å². The minimum atomic E-state index is -0.846. The Balaban J connectivity index is 1.97. The fourth-order valence-electron chi connectivity index (χ4n) is 1.71. The molecule has 0 unspecified atom stereocenters. The largest absolute Gasteiger partial charge is 0.353 e. The van der Waals surface area contributed by atoms with Crippen molar-refractivity contribution in [3.63, 3.8) is 0 Å². The molecular formula is C15H17F2N5O. The van der Waals surface area contributed by atoms with Gasteiger partial charge in [-0.2, -0.15) is 0 Å². The molecule has 6 nitrogen and oxygen atoms in total. The topological polar surface area (TPSA) is 70.2 Å². The first kappa shape index (κ1) is 16.8. The van der Waals surface area contributed by atoms with Gasteiger partial charge in [-0.05, 0) is 26.2 Å². The number of likely N-dealkylation sites (N-methyl/N-ethyl adjacent to an activating group) is 1. The third kappa shape index (κ3) is 4.96. The summed E-state index contributed by atoms with van der Waals surface area (Å²) >= 11 is 0. The van der Waals surface area contributed by atoms with Crippen LogP contribution in [0.5, 0.6) is 0 Å². The van der Waals surface area contributed by atoms with Crippen molar-refractivity contribution in [2.24, 2.45) is 0 Å². The molecule has 0 atom stereocenters. The summed E-state index contributed by atoms with van der Waals surface area (Å²) < 4.78 is 26.3. The van der Waals surface area contributed by atoms with E-state index in [1.807, 2.05) is 19.0 Å². The monoisotopic (exact) mass is 321 g/mol. The summed E-state index contributed by atoms with van der Waals surface area (Å²) in [5.41, 5.74) is 0.0662. The smallest absolute Gasteiger partial charge is 0.258 e. The second kappa shape index (κ2) is 7.59. The SMILES string of the molecule is CN(C)CCNc1ncc(C(=O)Nc2ccc(F)cc2F)cn1. The predicted octanol–water partition coefficient (Wildman–Crippen LogP) is 1.98. The number of carbonyl (C=O) groups is 1. The number of benzene rings is 1. The van der Waals surface area contributed by atoms with Gasteiger partial charge in [0.2, 0.25) is 5.95 Å². The van der Waals surface area contributed by atoms with Gasteiger partial charge in [-0.25, -0.2) is 18.7 Å². The maximum atomic E-state index is 13.5. The number of halogens is 2. The van der Waals surface area contributed by atoms with Crippen LogP contribution in [0.4, 0.5) is 20.4 Å². The molecule has 0 radical (unpaired) electrons. The first-order valence-electron chi connectivity index (χ1n) is 6.93. The summed E-state index contributed by atoms with van der Waals surface area (Å²) in [4.78, 5) is 22.0. The first-order valence-corrected chi connectivity index (χ1v) is 6.93. The molecule has 1 amide bonds. The average Bonchev–Trinajstić information content (AvgIpc) is 2.50. The number of nitrogens with zero attached hydrogens (tertiary/aromatic N) is 3. The highest BCUT2D eigenvalue weighted by Crippen LogP contribution is 2.16. The van der Waals surface area contributed by atoms with Gasteiger partial charge in [-0.1, -0.05) is 0 Å². The lowest BCUT2D eigenvalue weighted by atomic mass is 10.2. The van der Waals surface area contributed by atoms with Crippen LogP contribution in [0, 0.1) is 11.6 Å². The Morgan fingerprint density at radius 1 is 1.22 bits per heavy atom. The zero-order chi connectivity index (χ0) is 16.8. The highest BCUT2D eigenvalue weighted by molar-refractivity contribution is 6.03. The molecule has 23 heavy (non-hydrogen) atoms. The molecular weight excluding hydrogens is 304 g/mol. The number of carbonyl (C=O) groups excluding carboxylic acids is 1. The van der Waals surface area contributed by atoms with Crippen LogP contribution >= 0.6 is 0 Å². The van der Waals surface area contributed by atoms with Gasteiger partial charge in [0, 0.05) is 31.5 Å². The molecule has 8 heteroatoms. The van der Waals surface area contributed by atoms with E-state index in [-0.39, 0.29) is 11.3 Å². The second-order valence-corrected chi connectivity index (χ2v) is 5.10. The Labute approximate surface area is 132 Å². The molecule has 0 saturated carbocycles.